The van der Waals surface area contributed by atoms with Crippen molar-refractivity contribution in [3.8, 4) is 5.75 Å². The Bertz CT molecular complexity index is 435. The van der Waals surface area contributed by atoms with Crippen molar-refractivity contribution in [3.05, 3.63) is 28.2 Å². The number of benzene rings is 1. The maximum atomic E-state index is 12.1. The molecule has 0 radical (unpaired) electrons. The van der Waals surface area contributed by atoms with Crippen LogP contribution in [-0.2, 0) is 6.54 Å². The minimum atomic E-state index is -4.67. The van der Waals surface area contributed by atoms with Gasteiger partial charge in [0.1, 0.15) is 5.75 Å². The van der Waals surface area contributed by atoms with E-state index in [1.807, 2.05) is 0 Å². The minimum Gasteiger partial charge on any atom is -0.405 e. The third-order valence-corrected chi connectivity index (χ3v) is 3.56. The molecule has 0 saturated carbocycles. The standard InChI is InChI=1S/C15H21BrF3NO/c1-11(2)5-3-4-8-20-10-12-6-7-14(13(16)9-12)21-15(17,18)19/h6-7,9,11,20H,3-5,8,10H2,1-2H3. The Hall–Kier alpha value is -0.750. The molecule has 0 heterocycles. The number of hydrogen-bond donors (Lipinski definition) is 1. The van der Waals surface area contributed by atoms with Crippen LogP contribution in [0.1, 0.15) is 38.7 Å². The second kappa shape index (κ2) is 8.63. The number of alkyl halides is 3. The molecule has 0 aliphatic carbocycles. The van der Waals surface area contributed by atoms with Crippen LogP contribution in [0.15, 0.2) is 22.7 Å². The molecule has 2 nitrogen and oxygen atoms in total. The maximum Gasteiger partial charge on any atom is 0.573 e. The summed E-state index contributed by atoms with van der Waals surface area (Å²) >= 11 is 3.10. The highest BCUT2D eigenvalue weighted by molar-refractivity contribution is 9.10. The first kappa shape index (κ1) is 18.3. The van der Waals surface area contributed by atoms with Gasteiger partial charge in [-0.25, -0.2) is 0 Å². The van der Waals surface area contributed by atoms with Crippen LogP contribution in [0.5, 0.6) is 5.75 Å². The van der Waals surface area contributed by atoms with Crippen LogP contribution in [0, 0.1) is 5.92 Å². The number of ether oxygens (including phenoxy) is 1. The van der Waals surface area contributed by atoms with E-state index in [1.165, 1.54) is 18.9 Å². The van der Waals surface area contributed by atoms with E-state index in [2.05, 4.69) is 39.8 Å². The van der Waals surface area contributed by atoms with Crippen molar-refractivity contribution in [2.75, 3.05) is 6.54 Å². The number of unbranched alkanes of at least 4 members (excludes halogenated alkanes) is 1. The molecule has 0 fully saturated rings. The molecule has 0 bridgehead atoms. The van der Waals surface area contributed by atoms with E-state index in [9.17, 15) is 13.2 Å². The summed E-state index contributed by atoms with van der Waals surface area (Å²) in [5.74, 6) is 0.505. The lowest BCUT2D eigenvalue weighted by Gasteiger charge is -2.12. The Kier molecular flexibility index (Phi) is 7.52. The lowest BCUT2D eigenvalue weighted by atomic mass is 10.1. The van der Waals surface area contributed by atoms with Crippen molar-refractivity contribution in [1.82, 2.24) is 5.32 Å². The van der Waals surface area contributed by atoms with E-state index in [4.69, 9.17) is 0 Å². The van der Waals surface area contributed by atoms with Crippen LogP contribution in [-0.4, -0.2) is 12.9 Å². The summed E-state index contributed by atoms with van der Waals surface area (Å²) in [6.45, 7) is 5.95. The summed E-state index contributed by atoms with van der Waals surface area (Å²) in [4.78, 5) is 0. The number of hydrogen-bond acceptors (Lipinski definition) is 2. The zero-order chi connectivity index (χ0) is 15.9. The normalized spacial score (nSPS) is 12.0. The van der Waals surface area contributed by atoms with Crippen molar-refractivity contribution >= 4 is 15.9 Å². The van der Waals surface area contributed by atoms with Gasteiger partial charge in [0, 0.05) is 6.54 Å². The molecule has 0 amide bonds. The molecule has 0 unspecified atom stereocenters. The topological polar surface area (TPSA) is 21.3 Å². The van der Waals surface area contributed by atoms with E-state index in [0.29, 0.717) is 11.0 Å². The van der Waals surface area contributed by atoms with Crippen molar-refractivity contribution in [2.24, 2.45) is 5.92 Å². The number of nitrogens with one attached hydrogen (secondary N) is 1. The highest BCUT2D eigenvalue weighted by Crippen LogP contribution is 2.31. The molecule has 6 heteroatoms. The molecule has 21 heavy (non-hydrogen) atoms. The second-order valence-corrected chi connectivity index (χ2v) is 6.23. The maximum absolute atomic E-state index is 12.1. The van der Waals surface area contributed by atoms with Crippen LogP contribution in [0.4, 0.5) is 13.2 Å². The third-order valence-electron chi connectivity index (χ3n) is 2.94. The van der Waals surface area contributed by atoms with Crippen LogP contribution in [0.25, 0.3) is 0 Å². The zero-order valence-corrected chi connectivity index (χ0v) is 13.9. The van der Waals surface area contributed by atoms with Gasteiger partial charge in [-0.1, -0.05) is 32.8 Å². The molecule has 120 valence electrons. The summed E-state index contributed by atoms with van der Waals surface area (Å²) in [5.41, 5.74) is 0.917. The summed E-state index contributed by atoms with van der Waals surface area (Å²) in [7, 11) is 0. The van der Waals surface area contributed by atoms with E-state index in [-0.39, 0.29) is 5.75 Å². The van der Waals surface area contributed by atoms with Crippen LogP contribution < -0.4 is 10.1 Å². The molecule has 1 aromatic carbocycles. The van der Waals surface area contributed by atoms with E-state index < -0.39 is 6.36 Å². The van der Waals surface area contributed by atoms with Gasteiger partial charge in [0.05, 0.1) is 4.47 Å². The third kappa shape index (κ3) is 8.31. The highest BCUT2D eigenvalue weighted by Gasteiger charge is 2.31. The van der Waals surface area contributed by atoms with Gasteiger partial charge in [-0.05, 0) is 52.5 Å². The lowest BCUT2D eigenvalue weighted by Crippen LogP contribution is -2.18. The fourth-order valence-electron chi connectivity index (χ4n) is 1.90. The molecule has 0 spiro atoms. The van der Waals surface area contributed by atoms with Gasteiger partial charge in [-0.15, -0.1) is 13.2 Å². The van der Waals surface area contributed by atoms with Gasteiger partial charge < -0.3 is 10.1 Å². The van der Waals surface area contributed by atoms with E-state index in [1.54, 1.807) is 12.1 Å². The lowest BCUT2D eigenvalue weighted by molar-refractivity contribution is -0.274. The molecule has 0 aromatic heterocycles. The van der Waals surface area contributed by atoms with Crippen molar-refractivity contribution in [2.45, 2.75) is 46.0 Å². The van der Waals surface area contributed by atoms with Crippen LogP contribution >= 0.6 is 15.9 Å². The van der Waals surface area contributed by atoms with Gasteiger partial charge in [-0.2, -0.15) is 0 Å². The molecular formula is C15H21BrF3NO. The second-order valence-electron chi connectivity index (χ2n) is 5.38. The fraction of sp³-hybridized carbons (Fsp3) is 0.600. The summed E-state index contributed by atoms with van der Waals surface area (Å²) in [6, 6.07) is 4.60. The Morgan fingerprint density at radius 1 is 1.24 bits per heavy atom. The molecule has 1 N–H and O–H groups in total. The summed E-state index contributed by atoms with van der Waals surface area (Å²) < 4.78 is 40.6. The van der Waals surface area contributed by atoms with Gasteiger partial charge >= 0.3 is 6.36 Å². The largest absolute Gasteiger partial charge is 0.573 e. The van der Waals surface area contributed by atoms with Crippen LogP contribution in [0.3, 0.4) is 0 Å². The quantitative estimate of drug-likeness (QED) is 0.632. The zero-order valence-electron chi connectivity index (χ0n) is 12.3. The summed E-state index contributed by atoms with van der Waals surface area (Å²) in [6.07, 6.45) is -1.16. The Balaban J connectivity index is 2.35. The van der Waals surface area contributed by atoms with Crippen molar-refractivity contribution in [1.29, 1.82) is 0 Å². The molecule has 0 atom stereocenters. The molecule has 0 saturated heterocycles. The van der Waals surface area contributed by atoms with Gasteiger partial charge in [0.25, 0.3) is 0 Å². The smallest absolute Gasteiger partial charge is 0.405 e. The monoisotopic (exact) mass is 367 g/mol. The van der Waals surface area contributed by atoms with Gasteiger partial charge in [-0.3, -0.25) is 0 Å². The number of rotatable bonds is 8. The predicted molar refractivity (Wildman–Crippen MR) is 81.2 cm³/mol. The summed E-state index contributed by atoms with van der Waals surface area (Å²) in [5, 5.41) is 3.29. The first-order chi connectivity index (χ1) is 9.78. The SMILES string of the molecule is CC(C)CCCCNCc1ccc(OC(F)(F)F)c(Br)c1. The van der Waals surface area contributed by atoms with Crippen molar-refractivity contribution in [3.63, 3.8) is 0 Å². The van der Waals surface area contributed by atoms with Gasteiger partial charge in [0.2, 0.25) is 0 Å². The van der Waals surface area contributed by atoms with E-state index >= 15 is 0 Å². The predicted octanol–water partition coefficient (Wildman–Crippen LogP) is 5.26. The first-order valence-corrected chi connectivity index (χ1v) is 7.82. The minimum absolute atomic E-state index is 0.219. The first-order valence-electron chi connectivity index (χ1n) is 7.03. The Labute approximate surface area is 132 Å². The molecule has 0 aliphatic heterocycles. The van der Waals surface area contributed by atoms with Crippen LogP contribution in [0.2, 0.25) is 0 Å². The molecule has 1 aromatic rings. The van der Waals surface area contributed by atoms with E-state index in [0.717, 1.165) is 24.4 Å². The van der Waals surface area contributed by atoms with Gasteiger partial charge in [0.15, 0.2) is 0 Å². The highest BCUT2D eigenvalue weighted by atomic mass is 79.9. The molecular weight excluding hydrogens is 347 g/mol. The average molecular weight is 368 g/mol. The Morgan fingerprint density at radius 2 is 1.95 bits per heavy atom. The molecule has 1 rings (SSSR count). The molecule has 0 aliphatic rings. The Morgan fingerprint density at radius 3 is 2.52 bits per heavy atom. The van der Waals surface area contributed by atoms with Crippen molar-refractivity contribution < 1.29 is 17.9 Å². The average Bonchev–Trinajstić information content (AvgIpc) is 2.35. The fourth-order valence-corrected chi connectivity index (χ4v) is 2.40. The number of halogens is 4.